The van der Waals surface area contributed by atoms with E-state index >= 15 is 0 Å². The van der Waals surface area contributed by atoms with Crippen LogP contribution < -0.4 is 0 Å². The third kappa shape index (κ3) is 3.21. The summed E-state index contributed by atoms with van der Waals surface area (Å²) in [6.07, 6.45) is -0.0906. The summed E-state index contributed by atoms with van der Waals surface area (Å²) >= 11 is 0. The lowest BCUT2D eigenvalue weighted by Crippen LogP contribution is -2.27. The van der Waals surface area contributed by atoms with Crippen molar-refractivity contribution in [2.75, 3.05) is 7.05 Å². The maximum absolute atomic E-state index is 12.6. The zero-order valence-electron chi connectivity index (χ0n) is 11.9. The Bertz CT molecular complexity index is 656. The molecule has 112 valence electrons. The van der Waals surface area contributed by atoms with Gasteiger partial charge in [-0.1, -0.05) is 0 Å². The number of hydrogen-bond donors (Lipinski definition) is 0. The number of aromatic nitrogens is 4. The van der Waals surface area contributed by atoms with Gasteiger partial charge in [0.25, 0.3) is 12.3 Å². The largest absolute Gasteiger partial charge is 0.336 e. The average molecular weight is 295 g/mol. The first-order valence-electron chi connectivity index (χ1n) is 6.23. The highest BCUT2D eigenvalue weighted by atomic mass is 19.3. The molecule has 8 heteroatoms. The molecule has 0 radical (unpaired) electrons. The van der Waals surface area contributed by atoms with Crippen molar-refractivity contribution < 1.29 is 13.6 Å². The van der Waals surface area contributed by atoms with Crippen molar-refractivity contribution in [3.63, 3.8) is 0 Å². The predicted molar refractivity (Wildman–Crippen MR) is 70.7 cm³/mol. The van der Waals surface area contributed by atoms with Crippen LogP contribution in [0.2, 0.25) is 0 Å². The summed E-state index contributed by atoms with van der Waals surface area (Å²) in [5.74, 6) is -0.442. The predicted octanol–water partition coefficient (Wildman–Crippen LogP) is 1.73. The standard InChI is InChI=1S/C13H15F2N5O/c1-8-9(5-18-20(8)3)6-19(2)13(21)11-4-10(12(14)15)16-7-17-11/h4-5,7,12H,6H2,1-3H3. The Hall–Kier alpha value is -2.38. The lowest BCUT2D eigenvalue weighted by atomic mass is 10.2. The third-order valence-electron chi connectivity index (χ3n) is 3.22. The van der Waals surface area contributed by atoms with Crippen molar-refractivity contribution in [1.29, 1.82) is 0 Å². The molecular formula is C13H15F2N5O. The second kappa shape index (κ2) is 5.94. The SMILES string of the molecule is Cc1c(CN(C)C(=O)c2cc(C(F)F)ncn2)cnn1C. The number of halogens is 2. The zero-order chi connectivity index (χ0) is 15.6. The van der Waals surface area contributed by atoms with E-state index < -0.39 is 18.0 Å². The van der Waals surface area contributed by atoms with Crippen LogP contribution in [0.3, 0.4) is 0 Å². The van der Waals surface area contributed by atoms with E-state index in [1.807, 2.05) is 6.92 Å². The maximum Gasteiger partial charge on any atom is 0.280 e. The van der Waals surface area contributed by atoms with Crippen molar-refractivity contribution in [2.24, 2.45) is 7.05 Å². The summed E-state index contributed by atoms with van der Waals surface area (Å²) in [5, 5.41) is 4.09. The molecule has 0 fully saturated rings. The Morgan fingerprint density at radius 2 is 2.14 bits per heavy atom. The molecule has 0 aromatic carbocycles. The maximum atomic E-state index is 12.6. The van der Waals surface area contributed by atoms with E-state index in [-0.39, 0.29) is 5.69 Å². The molecule has 0 N–H and O–H groups in total. The van der Waals surface area contributed by atoms with Crippen LogP contribution in [0.15, 0.2) is 18.6 Å². The first-order chi connectivity index (χ1) is 9.90. The number of alkyl halides is 2. The molecule has 0 spiro atoms. The van der Waals surface area contributed by atoms with Crippen LogP contribution in [0.25, 0.3) is 0 Å². The van der Waals surface area contributed by atoms with Crippen LogP contribution >= 0.6 is 0 Å². The summed E-state index contributed by atoms with van der Waals surface area (Å²) in [4.78, 5) is 20.8. The van der Waals surface area contributed by atoms with Crippen LogP contribution in [0.5, 0.6) is 0 Å². The van der Waals surface area contributed by atoms with Crippen LogP contribution in [0.1, 0.15) is 33.9 Å². The Balaban J connectivity index is 2.16. The summed E-state index contributed by atoms with van der Waals surface area (Å²) in [5.41, 5.74) is 1.31. The van der Waals surface area contributed by atoms with E-state index in [0.717, 1.165) is 23.7 Å². The van der Waals surface area contributed by atoms with E-state index in [4.69, 9.17) is 0 Å². The topological polar surface area (TPSA) is 63.9 Å². The highest BCUT2D eigenvalue weighted by molar-refractivity contribution is 5.92. The Labute approximate surface area is 120 Å². The van der Waals surface area contributed by atoms with Gasteiger partial charge in [0.05, 0.1) is 6.20 Å². The highest BCUT2D eigenvalue weighted by Crippen LogP contribution is 2.17. The molecule has 0 aliphatic carbocycles. The smallest absolute Gasteiger partial charge is 0.280 e. The van der Waals surface area contributed by atoms with Crippen LogP contribution in [0, 0.1) is 6.92 Å². The van der Waals surface area contributed by atoms with Gasteiger partial charge in [0.15, 0.2) is 0 Å². The van der Waals surface area contributed by atoms with Gasteiger partial charge in [0.1, 0.15) is 17.7 Å². The Morgan fingerprint density at radius 1 is 1.43 bits per heavy atom. The second-order valence-corrected chi connectivity index (χ2v) is 4.67. The van der Waals surface area contributed by atoms with Crippen LogP contribution in [0.4, 0.5) is 8.78 Å². The molecule has 0 saturated carbocycles. The summed E-state index contributed by atoms with van der Waals surface area (Å²) < 4.78 is 26.9. The Kier molecular flexibility index (Phi) is 4.25. The molecular weight excluding hydrogens is 280 g/mol. The van der Waals surface area contributed by atoms with Crippen molar-refractivity contribution in [3.05, 3.63) is 41.2 Å². The molecule has 2 aromatic heterocycles. The summed E-state index contributed by atoms with van der Waals surface area (Å²) in [6.45, 7) is 2.22. The molecule has 2 heterocycles. The fraction of sp³-hybridized carbons (Fsp3) is 0.385. The molecule has 0 bridgehead atoms. The number of rotatable bonds is 4. The molecule has 6 nitrogen and oxygen atoms in total. The van der Waals surface area contributed by atoms with Gasteiger partial charge < -0.3 is 4.90 Å². The molecule has 0 atom stereocenters. The summed E-state index contributed by atoms with van der Waals surface area (Å²) in [7, 11) is 3.39. The lowest BCUT2D eigenvalue weighted by Gasteiger charge is -2.16. The van der Waals surface area contributed by atoms with Crippen molar-refractivity contribution in [2.45, 2.75) is 19.9 Å². The number of hydrogen-bond acceptors (Lipinski definition) is 4. The van der Waals surface area contributed by atoms with Gasteiger partial charge in [-0.25, -0.2) is 18.7 Å². The van der Waals surface area contributed by atoms with Crippen molar-refractivity contribution in [1.82, 2.24) is 24.6 Å². The Morgan fingerprint density at radius 3 is 2.71 bits per heavy atom. The first-order valence-corrected chi connectivity index (χ1v) is 6.23. The molecule has 21 heavy (non-hydrogen) atoms. The first kappa shape index (κ1) is 15.0. The third-order valence-corrected chi connectivity index (χ3v) is 3.22. The lowest BCUT2D eigenvalue weighted by molar-refractivity contribution is 0.0778. The average Bonchev–Trinajstić information content (AvgIpc) is 2.78. The van der Waals surface area contributed by atoms with E-state index in [9.17, 15) is 13.6 Å². The molecule has 2 rings (SSSR count). The fourth-order valence-electron chi connectivity index (χ4n) is 1.83. The molecule has 0 aliphatic rings. The van der Waals surface area contributed by atoms with E-state index in [0.29, 0.717) is 6.54 Å². The zero-order valence-corrected chi connectivity index (χ0v) is 11.9. The van der Waals surface area contributed by atoms with Gasteiger partial charge in [-0.2, -0.15) is 5.10 Å². The minimum atomic E-state index is -2.73. The number of carbonyl (C=O) groups is 1. The van der Waals surface area contributed by atoms with Gasteiger partial charge in [0.2, 0.25) is 0 Å². The molecule has 2 aromatic rings. The van der Waals surface area contributed by atoms with E-state index in [1.54, 1.807) is 25.0 Å². The number of carbonyl (C=O) groups excluding carboxylic acids is 1. The minimum absolute atomic E-state index is 0.0515. The van der Waals surface area contributed by atoms with Gasteiger partial charge in [-0.05, 0) is 13.0 Å². The molecule has 1 amide bonds. The second-order valence-electron chi connectivity index (χ2n) is 4.67. The monoisotopic (exact) mass is 295 g/mol. The van der Waals surface area contributed by atoms with Crippen molar-refractivity contribution in [3.8, 4) is 0 Å². The number of amides is 1. The normalized spacial score (nSPS) is 11.0. The van der Waals surface area contributed by atoms with Gasteiger partial charge in [-0.15, -0.1) is 0 Å². The quantitative estimate of drug-likeness (QED) is 0.861. The fourth-order valence-corrected chi connectivity index (χ4v) is 1.83. The van der Waals surface area contributed by atoms with Crippen molar-refractivity contribution >= 4 is 5.91 Å². The van der Waals surface area contributed by atoms with E-state index in [1.165, 1.54) is 4.90 Å². The minimum Gasteiger partial charge on any atom is -0.336 e. The van der Waals surface area contributed by atoms with Crippen LogP contribution in [-0.4, -0.2) is 37.6 Å². The summed E-state index contributed by atoms with van der Waals surface area (Å²) in [6, 6.07) is 1.01. The highest BCUT2D eigenvalue weighted by Gasteiger charge is 2.18. The van der Waals surface area contributed by atoms with Gasteiger partial charge in [-0.3, -0.25) is 9.48 Å². The van der Waals surface area contributed by atoms with Gasteiger partial charge >= 0.3 is 0 Å². The number of nitrogens with zero attached hydrogens (tertiary/aromatic N) is 5. The van der Waals surface area contributed by atoms with Gasteiger partial charge in [0, 0.05) is 31.9 Å². The van der Waals surface area contributed by atoms with Crippen LogP contribution in [-0.2, 0) is 13.6 Å². The van der Waals surface area contributed by atoms with E-state index in [2.05, 4.69) is 15.1 Å². The number of aryl methyl sites for hydroxylation is 1. The molecule has 0 aliphatic heterocycles. The molecule has 0 saturated heterocycles. The molecule has 0 unspecified atom stereocenters.